The summed E-state index contributed by atoms with van der Waals surface area (Å²) in [6, 6.07) is 6.55. The molecule has 1 fully saturated rings. The van der Waals surface area contributed by atoms with Crippen LogP contribution in [0.5, 0.6) is 0 Å². The molecule has 96 valence electrons. The Morgan fingerprint density at radius 2 is 2.06 bits per heavy atom. The van der Waals surface area contributed by atoms with Crippen molar-refractivity contribution in [1.82, 2.24) is 5.32 Å². The van der Waals surface area contributed by atoms with E-state index in [1.807, 2.05) is 6.07 Å². The van der Waals surface area contributed by atoms with Gasteiger partial charge in [0.2, 0.25) is 0 Å². The van der Waals surface area contributed by atoms with E-state index in [1.54, 1.807) is 6.07 Å². The minimum absolute atomic E-state index is 0.231. The maximum atomic E-state index is 13.5. The molecule has 3 heteroatoms. The van der Waals surface area contributed by atoms with E-state index in [0.29, 0.717) is 17.7 Å². The number of benzene rings is 1. The van der Waals surface area contributed by atoms with Gasteiger partial charge in [0, 0.05) is 12.1 Å². The molecule has 0 aliphatic heterocycles. The highest BCUT2D eigenvalue weighted by Crippen LogP contribution is 2.22. The smallest absolute Gasteiger partial charge is 0.127 e. The summed E-state index contributed by atoms with van der Waals surface area (Å²) in [4.78, 5) is 0. The normalized spacial score (nSPS) is 16.4. The molecule has 1 aromatic carbocycles. The maximum Gasteiger partial charge on any atom is 0.127 e. The van der Waals surface area contributed by atoms with Crippen LogP contribution in [0.1, 0.15) is 43.2 Å². The number of nitrogens with zero attached hydrogens (tertiary/aromatic N) is 1. The van der Waals surface area contributed by atoms with Crippen LogP contribution in [-0.2, 0) is 6.54 Å². The Balaban J connectivity index is 1.84. The topological polar surface area (TPSA) is 35.8 Å². The Morgan fingerprint density at radius 1 is 1.28 bits per heavy atom. The molecule has 1 saturated carbocycles. The lowest BCUT2D eigenvalue weighted by molar-refractivity contribution is 0.341. The van der Waals surface area contributed by atoms with E-state index in [-0.39, 0.29) is 5.82 Å². The van der Waals surface area contributed by atoms with Crippen LogP contribution in [-0.4, -0.2) is 6.54 Å². The highest BCUT2D eigenvalue weighted by Gasteiger charge is 2.13. The van der Waals surface area contributed by atoms with E-state index in [4.69, 9.17) is 5.26 Å². The summed E-state index contributed by atoms with van der Waals surface area (Å²) in [5.41, 5.74) is 1.11. The van der Waals surface area contributed by atoms with Gasteiger partial charge in [0.25, 0.3) is 0 Å². The Kier molecular flexibility index (Phi) is 4.72. The molecule has 0 spiro atoms. The number of hydrogen-bond acceptors (Lipinski definition) is 2. The zero-order valence-electron chi connectivity index (χ0n) is 10.6. The predicted molar refractivity (Wildman–Crippen MR) is 69.4 cm³/mol. The zero-order valence-corrected chi connectivity index (χ0v) is 10.6. The first-order valence-electron chi connectivity index (χ1n) is 6.69. The van der Waals surface area contributed by atoms with Gasteiger partial charge in [0.1, 0.15) is 5.82 Å². The van der Waals surface area contributed by atoms with Crippen LogP contribution in [0, 0.1) is 23.1 Å². The average Bonchev–Trinajstić information content (AvgIpc) is 2.42. The molecule has 2 rings (SSSR count). The van der Waals surface area contributed by atoms with Crippen molar-refractivity contribution in [3.8, 4) is 6.07 Å². The summed E-state index contributed by atoms with van der Waals surface area (Å²) in [5, 5.41) is 12.1. The molecule has 1 N–H and O–H groups in total. The van der Waals surface area contributed by atoms with Crippen molar-refractivity contribution in [3.63, 3.8) is 0 Å². The number of hydrogen-bond donors (Lipinski definition) is 1. The predicted octanol–water partition coefficient (Wildman–Crippen LogP) is 3.37. The largest absolute Gasteiger partial charge is 0.312 e. The summed E-state index contributed by atoms with van der Waals surface area (Å²) in [6.07, 6.45) is 6.58. The van der Waals surface area contributed by atoms with E-state index >= 15 is 0 Å². The van der Waals surface area contributed by atoms with Gasteiger partial charge in [-0.15, -0.1) is 0 Å². The van der Waals surface area contributed by atoms with Crippen LogP contribution in [0.15, 0.2) is 18.2 Å². The SMILES string of the molecule is N#Cc1ccc(F)c(CNCC2CCCCC2)c1. The summed E-state index contributed by atoms with van der Waals surface area (Å²) < 4.78 is 13.5. The molecular weight excluding hydrogens is 227 g/mol. The van der Waals surface area contributed by atoms with Crippen LogP contribution in [0.2, 0.25) is 0 Å². The molecule has 1 aliphatic carbocycles. The fourth-order valence-corrected chi connectivity index (χ4v) is 2.58. The maximum absolute atomic E-state index is 13.5. The molecule has 0 heterocycles. The molecule has 0 saturated heterocycles. The molecule has 0 aromatic heterocycles. The van der Waals surface area contributed by atoms with Gasteiger partial charge in [-0.25, -0.2) is 4.39 Å². The quantitative estimate of drug-likeness (QED) is 0.884. The average molecular weight is 246 g/mol. The molecule has 1 aromatic rings. The van der Waals surface area contributed by atoms with Crippen molar-refractivity contribution in [2.75, 3.05) is 6.54 Å². The van der Waals surface area contributed by atoms with Crippen molar-refractivity contribution in [3.05, 3.63) is 35.1 Å². The Morgan fingerprint density at radius 3 is 2.78 bits per heavy atom. The standard InChI is InChI=1S/C15H19FN2/c16-15-7-6-13(9-17)8-14(15)11-18-10-12-4-2-1-3-5-12/h6-8,12,18H,1-5,10-11H2. The third kappa shape index (κ3) is 3.54. The second kappa shape index (κ2) is 6.51. The van der Waals surface area contributed by atoms with Crippen molar-refractivity contribution in [1.29, 1.82) is 5.26 Å². The second-order valence-electron chi connectivity index (χ2n) is 5.05. The number of nitrogens with one attached hydrogen (secondary N) is 1. The third-order valence-electron chi connectivity index (χ3n) is 3.65. The van der Waals surface area contributed by atoms with Crippen LogP contribution in [0.3, 0.4) is 0 Å². The highest BCUT2D eigenvalue weighted by atomic mass is 19.1. The molecule has 1 aliphatic rings. The fraction of sp³-hybridized carbons (Fsp3) is 0.533. The van der Waals surface area contributed by atoms with E-state index in [1.165, 1.54) is 44.2 Å². The minimum atomic E-state index is -0.231. The fourth-order valence-electron chi connectivity index (χ4n) is 2.58. The Hall–Kier alpha value is -1.40. The molecule has 0 amide bonds. The molecular formula is C15H19FN2. The molecule has 0 unspecified atom stereocenters. The lowest BCUT2D eigenvalue weighted by Gasteiger charge is -2.21. The lowest BCUT2D eigenvalue weighted by Crippen LogP contribution is -2.24. The van der Waals surface area contributed by atoms with Crippen LogP contribution in [0.25, 0.3) is 0 Å². The van der Waals surface area contributed by atoms with Gasteiger partial charge in [0.15, 0.2) is 0 Å². The van der Waals surface area contributed by atoms with Gasteiger partial charge in [0.05, 0.1) is 11.6 Å². The first-order chi connectivity index (χ1) is 8.79. The summed E-state index contributed by atoms with van der Waals surface area (Å²) >= 11 is 0. The van der Waals surface area contributed by atoms with Gasteiger partial charge < -0.3 is 5.32 Å². The Bertz CT molecular complexity index is 431. The van der Waals surface area contributed by atoms with E-state index in [9.17, 15) is 4.39 Å². The second-order valence-corrected chi connectivity index (χ2v) is 5.05. The number of halogens is 1. The van der Waals surface area contributed by atoms with Crippen molar-refractivity contribution >= 4 is 0 Å². The minimum Gasteiger partial charge on any atom is -0.312 e. The molecule has 0 radical (unpaired) electrons. The summed E-state index contributed by atoms with van der Waals surface area (Å²) in [6.45, 7) is 1.47. The lowest BCUT2D eigenvalue weighted by atomic mass is 9.89. The van der Waals surface area contributed by atoms with E-state index in [2.05, 4.69) is 5.32 Å². The van der Waals surface area contributed by atoms with Gasteiger partial charge in [-0.1, -0.05) is 19.3 Å². The van der Waals surface area contributed by atoms with Crippen molar-refractivity contribution in [2.45, 2.75) is 38.6 Å². The monoisotopic (exact) mass is 246 g/mol. The number of rotatable bonds is 4. The van der Waals surface area contributed by atoms with Crippen molar-refractivity contribution in [2.24, 2.45) is 5.92 Å². The molecule has 0 atom stereocenters. The molecule has 2 nitrogen and oxygen atoms in total. The van der Waals surface area contributed by atoms with Crippen LogP contribution < -0.4 is 5.32 Å². The first-order valence-corrected chi connectivity index (χ1v) is 6.69. The zero-order chi connectivity index (χ0) is 12.8. The van der Waals surface area contributed by atoms with Crippen LogP contribution >= 0.6 is 0 Å². The third-order valence-corrected chi connectivity index (χ3v) is 3.65. The first kappa shape index (κ1) is 13.0. The van der Waals surface area contributed by atoms with Gasteiger partial charge in [-0.05, 0) is 43.5 Å². The van der Waals surface area contributed by atoms with E-state index < -0.39 is 0 Å². The number of nitriles is 1. The van der Waals surface area contributed by atoms with Gasteiger partial charge in [-0.3, -0.25) is 0 Å². The van der Waals surface area contributed by atoms with E-state index in [0.717, 1.165) is 12.5 Å². The van der Waals surface area contributed by atoms with Crippen molar-refractivity contribution < 1.29 is 4.39 Å². The highest BCUT2D eigenvalue weighted by molar-refractivity contribution is 5.33. The van der Waals surface area contributed by atoms with Crippen LogP contribution in [0.4, 0.5) is 4.39 Å². The molecule has 0 bridgehead atoms. The molecule has 18 heavy (non-hydrogen) atoms. The van der Waals surface area contributed by atoms with Gasteiger partial charge in [-0.2, -0.15) is 5.26 Å². The summed E-state index contributed by atoms with van der Waals surface area (Å²) in [5.74, 6) is 0.506. The Labute approximate surface area is 108 Å². The van der Waals surface area contributed by atoms with Gasteiger partial charge >= 0.3 is 0 Å². The summed E-state index contributed by atoms with van der Waals surface area (Å²) in [7, 11) is 0.